The average molecular weight is 376 g/mol. The van der Waals surface area contributed by atoms with Gasteiger partial charge in [-0.05, 0) is 42.7 Å². The molecule has 4 nitrogen and oxygen atoms in total. The summed E-state index contributed by atoms with van der Waals surface area (Å²) in [6.07, 6.45) is 1.35. The van der Waals surface area contributed by atoms with E-state index in [0.29, 0.717) is 18.5 Å². The van der Waals surface area contributed by atoms with E-state index >= 15 is 0 Å². The summed E-state index contributed by atoms with van der Waals surface area (Å²) in [6.45, 7) is 2.43. The average Bonchev–Trinajstić information content (AvgIpc) is 2.53. The molecule has 2 aromatic rings. The number of hydrogen-bond acceptors (Lipinski definition) is 2. The second-order valence-corrected chi connectivity index (χ2v) is 6.92. The molecule has 5 heteroatoms. The van der Waals surface area contributed by atoms with Gasteiger partial charge in [-0.1, -0.05) is 40.2 Å². The summed E-state index contributed by atoms with van der Waals surface area (Å²) >= 11 is 3.46. The van der Waals surface area contributed by atoms with E-state index in [1.165, 1.54) is 0 Å². The van der Waals surface area contributed by atoms with Crippen molar-refractivity contribution in [2.24, 2.45) is 5.92 Å². The van der Waals surface area contributed by atoms with Gasteiger partial charge in [0.2, 0.25) is 0 Å². The summed E-state index contributed by atoms with van der Waals surface area (Å²) in [7, 11) is 0. The van der Waals surface area contributed by atoms with Crippen LogP contribution in [-0.2, 0) is 4.79 Å². The third-order valence-corrected chi connectivity index (χ3v) is 5.08. The first-order valence-corrected chi connectivity index (χ1v) is 8.50. The molecule has 1 N–H and O–H groups in total. The van der Waals surface area contributed by atoms with Crippen LogP contribution in [0.3, 0.4) is 0 Å². The molecule has 1 aliphatic heterocycles. The van der Waals surface area contributed by atoms with Crippen molar-refractivity contribution in [3.05, 3.63) is 46.4 Å². The van der Waals surface area contributed by atoms with Crippen molar-refractivity contribution in [2.75, 3.05) is 6.54 Å². The first-order valence-electron chi connectivity index (χ1n) is 7.71. The molecule has 23 heavy (non-hydrogen) atoms. The van der Waals surface area contributed by atoms with Gasteiger partial charge in [-0.25, -0.2) is 0 Å². The molecule has 0 aliphatic carbocycles. The molecule has 2 aromatic carbocycles. The molecule has 0 saturated carbocycles. The third-order valence-electron chi connectivity index (χ3n) is 4.62. The summed E-state index contributed by atoms with van der Waals surface area (Å²) in [5.74, 6) is -1.42. The highest BCUT2D eigenvalue weighted by molar-refractivity contribution is 9.10. The molecule has 1 aliphatic rings. The van der Waals surface area contributed by atoms with Crippen LogP contribution in [0.5, 0.6) is 0 Å². The van der Waals surface area contributed by atoms with E-state index in [4.69, 9.17) is 0 Å². The number of carbonyl (C=O) groups is 2. The van der Waals surface area contributed by atoms with Crippen LogP contribution in [0.4, 0.5) is 0 Å². The number of hydrogen-bond donors (Lipinski definition) is 1. The summed E-state index contributed by atoms with van der Waals surface area (Å²) < 4.78 is 0.846. The number of benzene rings is 2. The molecule has 3 rings (SSSR count). The molecule has 2 atom stereocenters. The number of carboxylic acid groups (broad SMARTS) is 1. The number of carboxylic acids is 1. The van der Waals surface area contributed by atoms with Crippen molar-refractivity contribution in [1.82, 2.24) is 4.90 Å². The van der Waals surface area contributed by atoms with E-state index in [9.17, 15) is 14.7 Å². The van der Waals surface area contributed by atoms with Gasteiger partial charge in [0, 0.05) is 22.6 Å². The molecule has 120 valence electrons. The third kappa shape index (κ3) is 2.98. The zero-order chi connectivity index (χ0) is 16.6. The highest BCUT2D eigenvalue weighted by Crippen LogP contribution is 2.29. The summed E-state index contributed by atoms with van der Waals surface area (Å²) in [5, 5.41) is 11.2. The van der Waals surface area contributed by atoms with Crippen LogP contribution in [0.15, 0.2) is 40.9 Å². The van der Waals surface area contributed by atoms with Crippen LogP contribution < -0.4 is 0 Å². The Balaban J connectivity index is 2.02. The number of nitrogens with zero attached hydrogens (tertiary/aromatic N) is 1. The molecular weight excluding hydrogens is 358 g/mol. The van der Waals surface area contributed by atoms with Gasteiger partial charge in [0.1, 0.15) is 0 Å². The first-order chi connectivity index (χ1) is 11.0. The SMILES string of the molecule is C[C@@H]1[C@H](C(=O)O)CCCN1C(=O)c1cc(Br)cc2ccccc12. The quantitative estimate of drug-likeness (QED) is 0.864. The van der Waals surface area contributed by atoms with Crippen LogP contribution in [0, 0.1) is 5.92 Å². The lowest BCUT2D eigenvalue weighted by Crippen LogP contribution is -2.49. The number of piperidine rings is 1. The molecule has 1 amide bonds. The van der Waals surface area contributed by atoms with Gasteiger partial charge in [0.15, 0.2) is 0 Å². The van der Waals surface area contributed by atoms with Gasteiger partial charge >= 0.3 is 5.97 Å². The van der Waals surface area contributed by atoms with Crippen molar-refractivity contribution in [2.45, 2.75) is 25.8 Å². The maximum absolute atomic E-state index is 13.1. The van der Waals surface area contributed by atoms with Crippen molar-refractivity contribution < 1.29 is 14.7 Å². The van der Waals surface area contributed by atoms with Crippen LogP contribution in [0.1, 0.15) is 30.1 Å². The maximum atomic E-state index is 13.1. The molecule has 1 fully saturated rings. The van der Waals surface area contributed by atoms with Gasteiger partial charge in [-0.2, -0.15) is 0 Å². The van der Waals surface area contributed by atoms with Crippen molar-refractivity contribution in [3.63, 3.8) is 0 Å². The predicted molar refractivity (Wildman–Crippen MR) is 92.5 cm³/mol. The van der Waals surface area contributed by atoms with Crippen molar-refractivity contribution >= 4 is 38.6 Å². The van der Waals surface area contributed by atoms with Gasteiger partial charge in [0.25, 0.3) is 5.91 Å². The number of amides is 1. The number of fused-ring (bicyclic) bond motifs is 1. The Morgan fingerprint density at radius 2 is 2.00 bits per heavy atom. The Kier molecular flexibility index (Phi) is 4.39. The Morgan fingerprint density at radius 3 is 2.74 bits per heavy atom. The Morgan fingerprint density at radius 1 is 1.26 bits per heavy atom. The summed E-state index contributed by atoms with van der Waals surface area (Å²) in [6, 6.07) is 11.2. The Bertz CT molecular complexity index is 774. The van der Waals surface area contributed by atoms with Crippen molar-refractivity contribution in [1.29, 1.82) is 0 Å². The van der Waals surface area contributed by atoms with E-state index in [1.807, 2.05) is 43.3 Å². The predicted octanol–water partition coefficient (Wildman–Crippen LogP) is 3.93. The molecular formula is C18H18BrNO3. The van der Waals surface area contributed by atoms with Gasteiger partial charge in [-0.15, -0.1) is 0 Å². The molecule has 0 radical (unpaired) electrons. The molecule has 0 aromatic heterocycles. The van der Waals surface area contributed by atoms with Crippen LogP contribution >= 0.6 is 15.9 Å². The monoisotopic (exact) mass is 375 g/mol. The highest BCUT2D eigenvalue weighted by atomic mass is 79.9. The topological polar surface area (TPSA) is 57.6 Å². The fourth-order valence-corrected chi connectivity index (χ4v) is 3.84. The lowest BCUT2D eigenvalue weighted by molar-refractivity contribution is -0.144. The minimum atomic E-state index is -0.825. The second kappa shape index (κ2) is 6.32. The van der Waals surface area contributed by atoms with E-state index in [2.05, 4.69) is 15.9 Å². The molecule has 0 spiro atoms. The molecule has 0 bridgehead atoms. The molecule has 1 saturated heterocycles. The Hall–Kier alpha value is -1.88. The first kappa shape index (κ1) is 16.0. The highest BCUT2D eigenvalue weighted by Gasteiger charge is 2.36. The lowest BCUT2D eigenvalue weighted by Gasteiger charge is -2.37. The smallest absolute Gasteiger partial charge is 0.308 e. The van der Waals surface area contributed by atoms with E-state index in [1.54, 1.807) is 4.90 Å². The van der Waals surface area contributed by atoms with E-state index in [-0.39, 0.29) is 11.9 Å². The molecule has 1 heterocycles. The lowest BCUT2D eigenvalue weighted by atomic mass is 9.89. The summed E-state index contributed by atoms with van der Waals surface area (Å²) in [4.78, 5) is 26.2. The second-order valence-electron chi connectivity index (χ2n) is 6.00. The Labute approximate surface area is 143 Å². The fourth-order valence-electron chi connectivity index (χ4n) is 3.37. The van der Waals surface area contributed by atoms with Gasteiger partial charge in [0.05, 0.1) is 5.92 Å². The van der Waals surface area contributed by atoms with Gasteiger partial charge in [-0.3, -0.25) is 9.59 Å². The maximum Gasteiger partial charge on any atom is 0.308 e. The number of carbonyl (C=O) groups excluding carboxylic acids is 1. The zero-order valence-electron chi connectivity index (χ0n) is 12.8. The van der Waals surface area contributed by atoms with Crippen molar-refractivity contribution in [3.8, 4) is 0 Å². The van der Waals surface area contributed by atoms with E-state index in [0.717, 1.165) is 21.7 Å². The zero-order valence-corrected chi connectivity index (χ0v) is 14.4. The van der Waals surface area contributed by atoms with Crippen LogP contribution in [0.2, 0.25) is 0 Å². The minimum Gasteiger partial charge on any atom is -0.481 e. The van der Waals surface area contributed by atoms with Crippen LogP contribution in [0.25, 0.3) is 10.8 Å². The van der Waals surface area contributed by atoms with Crippen LogP contribution in [-0.4, -0.2) is 34.5 Å². The number of aliphatic carboxylic acids is 1. The number of halogens is 1. The standard InChI is InChI=1S/C18H18BrNO3/c1-11-14(18(22)23)7-4-8-20(11)17(21)16-10-13(19)9-12-5-2-3-6-15(12)16/h2-3,5-6,9-11,14H,4,7-8H2,1H3,(H,22,23)/t11-,14-/m1/s1. The number of likely N-dealkylation sites (tertiary alicyclic amines) is 1. The minimum absolute atomic E-state index is 0.0963. The fraction of sp³-hybridized carbons (Fsp3) is 0.333. The number of rotatable bonds is 2. The summed E-state index contributed by atoms with van der Waals surface area (Å²) in [5.41, 5.74) is 0.618. The molecule has 0 unspecified atom stereocenters. The van der Waals surface area contributed by atoms with Gasteiger partial charge < -0.3 is 10.0 Å². The van der Waals surface area contributed by atoms with E-state index < -0.39 is 11.9 Å². The normalized spacial score (nSPS) is 21.4. The largest absolute Gasteiger partial charge is 0.481 e.